The average Bonchev–Trinajstić information content (AvgIpc) is 2.11. The van der Waals surface area contributed by atoms with Gasteiger partial charge >= 0.3 is 0 Å². The molecule has 0 aromatic heterocycles. The number of rotatable bonds is 0. The van der Waals surface area contributed by atoms with Crippen LogP contribution in [0.5, 0.6) is 0 Å². The molecule has 1 nitrogen and oxygen atoms in total. The molecule has 0 fully saturated rings. The summed E-state index contributed by atoms with van der Waals surface area (Å²) in [6.07, 6.45) is 15.7. The van der Waals surface area contributed by atoms with Crippen molar-refractivity contribution < 1.29 is 4.79 Å². The topological polar surface area (TPSA) is 17.1 Å². The largest absolute Gasteiger partial charge is 0.295 e. The van der Waals surface area contributed by atoms with Crippen molar-refractivity contribution in [2.75, 3.05) is 0 Å². The van der Waals surface area contributed by atoms with E-state index in [2.05, 4.69) is 6.08 Å². The first-order valence-corrected chi connectivity index (χ1v) is 5.25. The highest BCUT2D eigenvalue weighted by atomic mass is 16.1. The minimum absolute atomic E-state index is 0.269. The van der Waals surface area contributed by atoms with Gasteiger partial charge in [-0.2, -0.15) is 0 Å². The van der Waals surface area contributed by atoms with Gasteiger partial charge in [0.2, 0.25) is 0 Å². The van der Waals surface area contributed by atoms with E-state index in [-0.39, 0.29) is 5.78 Å². The van der Waals surface area contributed by atoms with E-state index in [0.29, 0.717) is 0 Å². The lowest BCUT2D eigenvalue weighted by atomic mass is 10.1. The molecule has 0 saturated heterocycles. The maximum absolute atomic E-state index is 11.2. The molecule has 0 aliphatic heterocycles. The van der Waals surface area contributed by atoms with Crippen LogP contribution in [0, 0.1) is 0 Å². The molecular formula is C12H18O. The minimum Gasteiger partial charge on any atom is -0.295 e. The lowest BCUT2D eigenvalue weighted by molar-refractivity contribution is -0.114. The van der Waals surface area contributed by atoms with Crippen LogP contribution >= 0.6 is 0 Å². The molecule has 72 valence electrons. The normalized spacial score (nSPS) is 20.8. The van der Waals surface area contributed by atoms with Crippen molar-refractivity contribution in [3.8, 4) is 0 Å². The predicted octanol–water partition coefficient (Wildman–Crippen LogP) is 3.41. The zero-order valence-corrected chi connectivity index (χ0v) is 8.17. The summed E-state index contributed by atoms with van der Waals surface area (Å²) in [4.78, 5) is 11.2. The van der Waals surface area contributed by atoms with E-state index in [4.69, 9.17) is 0 Å². The van der Waals surface area contributed by atoms with Gasteiger partial charge in [-0.05, 0) is 25.3 Å². The monoisotopic (exact) mass is 178 g/mol. The summed E-state index contributed by atoms with van der Waals surface area (Å²) in [7, 11) is 0. The molecular weight excluding hydrogens is 160 g/mol. The van der Waals surface area contributed by atoms with Gasteiger partial charge in [-0.1, -0.05) is 37.5 Å². The second-order valence-corrected chi connectivity index (χ2v) is 3.56. The summed E-state index contributed by atoms with van der Waals surface area (Å²) >= 11 is 0. The van der Waals surface area contributed by atoms with Crippen LogP contribution in [0.1, 0.15) is 44.9 Å². The summed E-state index contributed by atoms with van der Waals surface area (Å²) in [5.74, 6) is 0.269. The van der Waals surface area contributed by atoms with Crippen LogP contribution in [-0.4, -0.2) is 5.78 Å². The highest BCUT2D eigenvalue weighted by Gasteiger charge is 1.96. The van der Waals surface area contributed by atoms with Crippen molar-refractivity contribution in [1.82, 2.24) is 0 Å². The lowest BCUT2D eigenvalue weighted by Gasteiger charge is -1.99. The second kappa shape index (κ2) is 6.64. The number of allylic oxidation sites excluding steroid dienone is 4. The first kappa shape index (κ1) is 10.2. The van der Waals surface area contributed by atoms with Gasteiger partial charge in [0.15, 0.2) is 5.78 Å². The van der Waals surface area contributed by atoms with E-state index in [1.807, 2.05) is 12.2 Å². The van der Waals surface area contributed by atoms with Crippen LogP contribution in [-0.2, 0) is 4.79 Å². The van der Waals surface area contributed by atoms with E-state index in [1.165, 1.54) is 25.7 Å². The Morgan fingerprint density at radius 1 is 0.923 bits per heavy atom. The number of ketones is 1. The zero-order chi connectivity index (χ0) is 9.36. The van der Waals surface area contributed by atoms with Crippen LogP contribution in [0.4, 0.5) is 0 Å². The van der Waals surface area contributed by atoms with Crippen molar-refractivity contribution in [3.63, 3.8) is 0 Å². The van der Waals surface area contributed by atoms with Crippen LogP contribution < -0.4 is 0 Å². The third-order valence-electron chi connectivity index (χ3n) is 2.32. The summed E-state index contributed by atoms with van der Waals surface area (Å²) in [6.45, 7) is 0. The van der Waals surface area contributed by atoms with Gasteiger partial charge in [-0.3, -0.25) is 4.79 Å². The molecule has 1 aliphatic carbocycles. The van der Waals surface area contributed by atoms with Gasteiger partial charge in [0.25, 0.3) is 0 Å². The number of carbonyl (C=O) groups is 1. The molecule has 0 aromatic rings. The second-order valence-electron chi connectivity index (χ2n) is 3.56. The Labute approximate surface area is 80.5 Å². The molecule has 0 spiro atoms. The summed E-state index contributed by atoms with van der Waals surface area (Å²) in [5.41, 5.74) is 0. The quantitative estimate of drug-likeness (QED) is 0.555. The molecule has 0 aromatic carbocycles. The smallest absolute Gasteiger partial charge is 0.155 e. The summed E-state index contributed by atoms with van der Waals surface area (Å²) in [5, 5.41) is 0. The number of hydrogen-bond donors (Lipinski definition) is 0. The lowest BCUT2D eigenvalue weighted by Crippen LogP contribution is -1.92. The summed E-state index contributed by atoms with van der Waals surface area (Å²) in [6, 6.07) is 0. The van der Waals surface area contributed by atoms with E-state index >= 15 is 0 Å². The van der Waals surface area contributed by atoms with Gasteiger partial charge < -0.3 is 0 Å². The summed E-state index contributed by atoms with van der Waals surface area (Å²) < 4.78 is 0. The predicted molar refractivity (Wildman–Crippen MR) is 55.6 cm³/mol. The molecule has 0 heterocycles. The molecule has 13 heavy (non-hydrogen) atoms. The molecule has 1 rings (SSSR count). The number of hydrogen-bond acceptors (Lipinski definition) is 1. The van der Waals surface area contributed by atoms with Gasteiger partial charge in [-0.25, -0.2) is 0 Å². The molecule has 0 N–H and O–H groups in total. The van der Waals surface area contributed by atoms with Crippen molar-refractivity contribution in [1.29, 1.82) is 0 Å². The van der Waals surface area contributed by atoms with Crippen LogP contribution in [0.15, 0.2) is 24.3 Å². The van der Waals surface area contributed by atoms with Crippen molar-refractivity contribution in [2.45, 2.75) is 44.9 Å². The highest BCUT2D eigenvalue weighted by Crippen LogP contribution is 2.09. The van der Waals surface area contributed by atoms with E-state index < -0.39 is 0 Å². The van der Waals surface area contributed by atoms with Gasteiger partial charge in [0.05, 0.1) is 0 Å². The van der Waals surface area contributed by atoms with Crippen LogP contribution in [0.2, 0.25) is 0 Å². The minimum atomic E-state index is 0.269. The molecule has 0 radical (unpaired) electrons. The van der Waals surface area contributed by atoms with Crippen molar-refractivity contribution in [2.24, 2.45) is 0 Å². The van der Waals surface area contributed by atoms with E-state index in [1.54, 1.807) is 6.08 Å². The molecule has 0 unspecified atom stereocenters. The molecule has 0 bridgehead atoms. The zero-order valence-electron chi connectivity index (χ0n) is 8.17. The number of carbonyl (C=O) groups excluding carboxylic acids is 1. The van der Waals surface area contributed by atoms with Gasteiger partial charge in [-0.15, -0.1) is 0 Å². The maximum atomic E-state index is 11.2. The van der Waals surface area contributed by atoms with Crippen molar-refractivity contribution in [3.05, 3.63) is 24.3 Å². The Bertz CT molecular complexity index is 201. The Hall–Kier alpha value is -0.850. The first-order valence-electron chi connectivity index (χ1n) is 5.25. The average molecular weight is 178 g/mol. The molecule has 0 amide bonds. The van der Waals surface area contributed by atoms with E-state index in [0.717, 1.165) is 19.3 Å². The van der Waals surface area contributed by atoms with E-state index in [9.17, 15) is 4.79 Å². The van der Waals surface area contributed by atoms with Gasteiger partial charge in [0, 0.05) is 6.42 Å². The first-order chi connectivity index (χ1) is 6.39. The van der Waals surface area contributed by atoms with Crippen molar-refractivity contribution >= 4 is 5.78 Å². The molecule has 1 heteroatoms. The molecule has 0 atom stereocenters. The van der Waals surface area contributed by atoms with Crippen LogP contribution in [0.3, 0.4) is 0 Å². The Kier molecular flexibility index (Phi) is 5.23. The van der Waals surface area contributed by atoms with Gasteiger partial charge in [0.1, 0.15) is 0 Å². The Morgan fingerprint density at radius 2 is 1.69 bits per heavy atom. The third-order valence-corrected chi connectivity index (χ3v) is 2.32. The fourth-order valence-electron chi connectivity index (χ4n) is 1.51. The fourth-order valence-corrected chi connectivity index (χ4v) is 1.51. The molecule has 1 aliphatic rings. The molecule has 0 saturated carbocycles. The highest BCUT2D eigenvalue weighted by molar-refractivity contribution is 5.89. The SMILES string of the molecule is O=C1C=CC=CCCCCCCC1. The van der Waals surface area contributed by atoms with Crippen LogP contribution in [0.25, 0.3) is 0 Å². The Balaban J connectivity index is 2.37. The fraction of sp³-hybridized carbons (Fsp3) is 0.583. The maximum Gasteiger partial charge on any atom is 0.155 e. The Morgan fingerprint density at radius 3 is 2.62 bits per heavy atom. The standard InChI is InChI=1S/C12H18O/c13-12-10-8-6-4-2-1-3-5-7-9-11-12/h4,6,8,10H,1-3,5,7,9,11H2. The third kappa shape index (κ3) is 5.40.